The number of hydrogen-bond donors (Lipinski definition) is 1. The van der Waals surface area contributed by atoms with E-state index in [2.05, 4.69) is 44.4 Å². The van der Waals surface area contributed by atoms with Crippen LogP contribution in [-0.2, 0) is 0 Å². The summed E-state index contributed by atoms with van der Waals surface area (Å²) in [6.07, 6.45) is 1.72. The lowest BCUT2D eigenvalue weighted by atomic mass is 10.1. The Hall–Kier alpha value is -3.34. The minimum atomic E-state index is -0.177. The van der Waals surface area contributed by atoms with E-state index in [1.165, 1.54) is 5.69 Å². The van der Waals surface area contributed by atoms with Crippen LogP contribution in [0.25, 0.3) is 0 Å². The van der Waals surface area contributed by atoms with Crippen molar-refractivity contribution in [2.45, 2.75) is 13.8 Å². The van der Waals surface area contributed by atoms with Gasteiger partial charge in [-0.1, -0.05) is 30.3 Å². The highest BCUT2D eigenvalue weighted by Gasteiger charge is 2.19. The van der Waals surface area contributed by atoms with E-state index in [-0.39, 0.29) is 5.91 Å². The topological polar surface area (TPSA) is 48.5 Å². The first-order valence-corrected chi connectivity index (χ1v) is 10.0. The average molecular weight is 386 g/mol. The number of carbonyl (C=O) groups is 1. The SMILES string of the molecule is Cc1cccc(NC(=O)c2cc(N3CCN(c4ccccc4)CC3)ccn2)c1C. The van der Waals surface area contributed by atoms with Gasteiger partial charge in [0.2, 0.25) is 0 Å². The molecule has 1 aromatic heterocycles. The molecule has 0 aliphatic carbocycles. The molecule has 4 rings (SSSR count). The number of hydrogen-bond acceptors (Lipinski definition) is 4. The smallest absolute Gasteiger partial charge is 0.274 e. The second kappa shape index (κ2) is 8.35. The van der Waals surface area contributed by atoms with Gasteiger partial charge in [-0.05, 0) is 55.3 Å². The second-order valence-corrected chi connectivity index (χ2v) is 7.41. The number of para-hydroxylation sites is 1. The van der Waals surface area contributed by atoms with Crippen molar-refractivity contribution in [3.8, 4) is 0 Å². The number of piperazine rings is 1. The van der Waals surface area contributed by atoms with Gasteiger partial charge in [0.05, 0.1) is 0 Å². The summed E-state index contributed by atoms with van der Waals surface area (Å²) in [6, 6.07) is 20.3. The second-order valence-electron chi connectivity index (χ2n) is 7.41. The van der Waals surface area contributed by atoms with Crippen molar-refractivity contribution in [1.29, 1.82) is 0 Å². The highest BCUT2D eigenvalue weighted by Crippen LogP contribution is 2.22. The van der Waals surface area contributed by atoms with Crippen LogP contribution in [0, 0.1) is 13.8 Å². The van der Waals surface area contributed by atoms with E-state index in [1.54, 1.807) is 6.20 Å². The maximum absolute atomic E-state index is 12.7. The minimum Gasteiger partial charge on any atom is -0.368 e. The third-order valence-corrected chi connectivity index (χ3v) is 5.60. The molecule has 1 N–H and O–H groups in total. The van der Waals surface area contributed by atoms with E-state index in [1.807, 2.05) is 50.2 Å². The lowest BCUT2D eigenvalue weighted by molar-refractivity contribution is 0.102. The van der Waals surface area contributed by atoms with Crippen molar-refractivity contribution in [2.24, 2.45) is 0 Å². The number of benzene rings is 2. The molecule has 0 saturated carbocycles. The Morgan fingerprint density at radius 1 is 0.862 bits per heavy atom. The van der Waals surface area contributed by atoms with Crippen LogP contribution in [0.3, 0.4) is 0 Å². The van der Waals surface area contributed by atoms with Crippen LogP contribution >= 0.6 is 0 Å². The van der Waals surface area contributed by atoms with E-state index < -0.39 is 0 Å². The Kier molecular flexibility index (Phi) is 5.47. The molecule has 29 heavy (non-hydrogen) atoms. The van der Waals surface area contributed by atoms with Gasteiger partial charge in [-0.25, -0.2) is 0 Å². The number of aromatic nitrogens is 1. The van der Waals surface area contributed by atoms with Crippen molar-refractivity contribution in [3.05, 3.63) is 83.7 Å². The normalized spacial score (nSPS) is 14.0. The van der Waals surface area contributed by atoms with Crippen LogP contribution in [0.15, 0.2) is 66.9 Å². The fraction of sp³-hybridized carbons (Fsp3) is 0.250. The van der Waals surface area contributed by atoms with Crippen molar-refractivity contribution in [3.63, 3.8) is 0 Å². The number of pyridine rings is 1. The molecule has 0 atom stereocenters. The zero-order valence-corrected chi connectivity index (χ0v) is 16.9. The van der Waals surface area contributed by atoms with Crippen LogP contribution in [0.4, 0.5) is 17.1 Å². The van der Waals surface area contributed by atoms with E-state index in [4.69, 9.17) is 0 Å². The van der Waals surface area contributed by atoms with Crippen LogP contribution < -0.4 is 15.1 Å². The number of amides is 1. The number of carbonyl (C=O) groups excluding carboxylic acids is 1. The van der Waals surface area contributed by atoms with Gasteiger partial charge in [-0.2, -0.15) is 0 Å². The summed E-state index contributed by atoms with van der Waals surface area (Å²) in [5.74, 6) is -0.177. The summed E-state index contributed by atoms with van der Waals surface area (Å²) >= 11 is 0. The molecule has 1 aliphatic rings. The van der Waals surface area contributed by atoms with Crippen molar-refractivity contribution in [2.75, 3.05) is 41.3 Å². The van der Waals surface area contributed by atoms with Crippen LogP contribution in [0.1, 0.15) is 21.6 Å². The standard InChI is InChI=1S/C24H26N4O/c1-18-7-6-10-22(19(18)2)26-24(29)23-17-21(11-12-25-23)28-15-13-27(14-16-28)20-8-4-3-5-9-20/h3-12,17H,13-16H2,1-2H3,(H,26,29). The molecule has 148 valence electrons. The third kappa shape index (κ3) is 4.24. The monoisotopic (exact) mass is 386 g/mol. The maximum Gasteiger partial charge on any atom is 0.274 e. The van der Waals surface area contributed by atoms with Crippen LogP contribution in [-0.4, -0.2) is 37.1 Å². The van der Waals surface area contributed by atoms with Crippen molar-refractivity contribution in [1.82, 2.24) is 4.98 Å². The van der Waals surface area contributed by atoms with Crippen molar-refractivity contribution >= 4 is 23.0 Å². The Balaban J connectivity index is 1.44. The van der Waals surface area contributed by atoms with Crippen LogP contribution in [0.5, 0.6) is 0 Å². The number of aryl methyl sites for hydroxylation is 1. The fourth-order valence-electron chi connectivity index (χ4n) is 3.67. The Morgan fingerprint density at radius 3 is 2.28 bits per heavy atom. The summed E-state index contributed by atoms with van der Waals surface area (Å²) in [4.78, 5) is 21.8. The summed E-state index contributed by atoms with van der Waals surface area (Å²) in [5.41, 5.74) is 5.80. The molecular weight excluding hydrogens is 360 g/mol. The highest BCUT2D eigenvalue weighted by atomic mass is 16.1. The molecule has 3 aromatic rings. The van der Waals surface area contributed by atoms with E-state index in [0.29, 0.717) is 5.69 Å². The molecule has 0 bridgehead atoms. The Bertz CT molecular complexity index is 995. The van der Waals surface area contributed by atoms with Crippen molar-refractivity contribution < 1.29 is 4.79 Å². The summed E-state index contributed by atoms with van der Waals surface area (Å²) in [6.45, 7) is 7.79. The summed E-state index contributed by atoms with van der Waals surface area (Å²) < 4.78 is 0. The first-order chi connectivity index (χ1) is 14.1. The molecule has 1 saturated heterocycles. The summed E-state index contributed by atoms with van der Waals surface area (Å²) in [7, 11) is 0. The number of anilines is 3. The molecule has 0 radical (unpaired) electrons. The minimum absolute atomic E-state index is 0.177. The predicted octanol–water partition coefficient (Wildman–Crippen LogP) is 4.28. The molecule has 1 aliphatic heterocycles. The van der Waals surface area contributed by atoms with Crippen LogP contribution in [0.2, 0.25) is 0 Å². The fourth-order valence-corrected chi connectivity index (χ4v) is 3.67. The quantitative estimate of drug-likeness (QED) is 0.727. The van der Waals surface area contributed by atoms with E-state index >= 15 is 0 Å². The molecule has 0 unspecified atom stereocenters. The van der Waals surface area contributed by atoms with E-state index in [0.717, 1.165) is 48.7 Å². The predicted molar refractivity (Wildman–Crippen MR) is 119 cm³/mol. The number of rotatable bonds is 4. The number of nitrogens with zero attached hydrogens (tertiary/aromatic N) is 3. The lowest BCUT2D eigenvalue weighted by Crippen LogP contribution is -2.46. The molecule has 0 spiro atoms. The zero-order valence-electron chi connectivity index (χ0n) is 16.9. The van der Waals surface area contributed by atoms with Gasteiger partial charge >= 0.3 is 0 Å². The highest BCUT2D eigenvalue weighted by molar-refractivity contribution is 6.03. The van der Waals surface area contributed by atoms with Gasteiger partial charge in [-0.3, -0.25) is 9.78 Å². The Morgan fingerprint density at radius 2 is 1.55 bits per heavy atom. The van der Waals surface area contributed by atoms with Gasteiger partial charge in [0, 0.05) is 49.4 Å². The third-order valence-electron chi connectivity index (χ3n) is 5.60. The molecule has 1 amide bonds. The first kappa shape index (κ1) is 19.0. The lowest BCUT2D eigenvalue weighted by Gasteiger charge is -2.37. The maximum atomic E-state index is 12.7. The molecular formula is C24H26N4O. The molecule has 5 nitrogen and oxygen atoms in total. The average Bonchev–Trinajstić information content (AvgIpc) is 2.78. The number of nitrogens with one attached hydrogen (secondary N) is 1. The van der Waals surface area contributed by atoms with Gasteiger partial charge in [0.15, 0.2) is 0 Å². The van der Waals surface area contributed by atoms with Gasteiger partial charge in [0.25, 0.3) is 5.91 Å². The largest absolute Gasteiger partial charge is 0.368 e. The molecule has 5 heteroatoms. The van der Waals surface area contributed by atoms with E-state index in [9.17, 15) is 4.79 Å². The summed E-state index contributed by atoms with van der Waals surface area (Å²) in [5, 5.41) is 3.00. The van der Waals surface area contributed by atoms with Gasteiger partial charge < -0.3 is 15.1 Å². The molecule has 1 fully saturated rings. The Labute approximate surface area is 172 Å². The zero-order chi connectivity index (χ0) is 20.2. The van der Waals surface area contributed by atoms with Gasteiger partial charge in [-0.15, -0.1) is 0 Å². The first-order valence-electron chi connectivity index (χ1n) is 10.0. The molecule has 2 heterocycles. The molecule has 2 aromatic carbocycles. The van der Waals surface area contributed by atoms with Gasteiger partial charge in [0.1, 0.15) is 5.69 Å².